The lowest BCUT2D eigenvalue weighted by Crippen LogP contribution is -2.52. The van der Waals surface area contributed by atoms with Crippen LogP contribution in [0.5, 0.6) is 5.75 Å². The number of aromatic nitrogens is 1. The van der Waals surface area contributed by atoms with Crippen LogP contribution in [-0.2, 0) is 10.0 Å². The second kappa shape index (κ2) is 6.15. The minimum absolute atomic E-state index is 0.00609. The van der Waals surface area contributed by atoms with Crippen LogP contribution < -0.4 is 10.5 Å². The zero-order valence-electron chi connectivity index (χ0n) is 11.9. The average Bonchev–Trinajstić information content (AvgIpc) is 2.76. The third kappa shape index (κ3) is 3.53. The van der Waals surface area contributed by atoms with Gasteiger partial charge in [0.25, 0.3) is 0 Å². The van der Waals surface area contributed by atoms with Crippen molar-refractivity contribution in [3.05, 3.63) is 40.4 Å². The molecule has 1 aromatic heterocycles. The first-order chi connectivity index (χ1) is 9.94. The Hall–Kier alpha value is -2.06. The van der Waals surface area contributed by atoms with Gasteiger partial charge >= 0.3 is 0 Å². The molecule has 0 amide bonds. The number of sulfonamides is 1. The Balaban J connectivity index is 2.25. The topological polar surface area (TPSA) is 111 Å². The SMILES string of the molecule is Cc1noc(C)c1S(=O)(=O)[N-]c1cccc(OCC[NH3+])c1. The van der Waals surface area contributed by atoms with Crippen molar-refractivity contribution in [1.82, 2.24) is 5.16 Å². The summed E-state index contributed by atoms with van der Waals surface area (Å²) in [6.45, 7) is 4.18. The van der Waals surface area contributed by atoms with Gasteiger partial charge < -0.3 is 19.7 Å². The number of hydrogen-bond acceptors (Lipinski definition) is 5. The fraction of sp³-hybridized carbons (Fsp3) is 0.308. The van der Waals surface area contributed by atoms with E-state index in [1.807, 2.05) is 0 Å². The quantitative estimate of drug-likeness (QED) is 0.864. The van der Waals surface area contributed by atoms with Crippen LogP contribution >= 0.6 is 0 Å². The third-order valence-corrected chi connectivity index (χ3v) is 4.23. The van der Waals surface area contributed by atoms with Gasteiger partial charge in [0, 0.05) is 0 Å². The second-order valence-corrected chi connectivity index (χ2v) is 5.96. The van der Waals surface area contributed by atoms with Gasteiger partial charge in [-0.3, -0.25) is 0 Å². The van der Waals surface area contributed by atoms with E-state index in [-0.39, 0.29) is 16.3 Å². The second-order valence-electron chi connectivity index (χ2n) is 4.42. The zero-order chi connectivity index (χ0) is 15.5. The molecule has 0 spiro atoms. The summed E-state index contributed by atoms with van der Waals surface area (Å²) >= 11 is 0. The Morgan fingerprint density at radius 1 is 1.38 bits per heavy atom. The van der Waals surface area contributed by atoms with Crippen molar-refractivity contribution in [2.75, 3.05) is 13.2 Å². The summed E-state index contributed by atoms with van der Waals surface area (Å²) in [4.78, 5) is 0.00609. The van der Waals surface area contributed by atoms with E-state index in [2.05, 4.69) is 15.6 Å². The zero-order valence-corrected chi connectivity index (χ0v) is 12.7. The van der Waals surface area contributed by atoms with Crippen molar-refractivity contribution in [3.63, 3.8) is 0 Å². The first kappa shape index (κ1) is 15.3. The highest BCUT2D eigenvalue weighted by Crippen LogP contribution is 2.32. The summed E-state index contributed by atoms with van der Waals surface area (Å²) in [6, 6.07) is 6.56. The van der Waals surface area contributed by atoms with Gasteiger partial charge in [-0.25, -0.2) is 8.42 Å². The molecular formula is C13H17N3O4S. The van der Waals surface area contributed by atoms with Crippen molar-refractivity contribution < 1.29 is 23.4 Å². The Morgan fingerprint density at radius 3 is 2.76 bits per heavy atom. The normalized spacial score (nSPS) is 11.4. The molecule has 0 unspecified atom stereocenters. The van der Waals surface area contributed by atoms with Gasteiger partial charge in [0.2, 0.25) is 0 Å². The van der Waals surface area contributed by atoms with E-state index in [0.717, 1.165) is 0 Å². The van der Waals surface area contributed by atoms with Crippen molar-refractivity contribution in [1.29, 1.82) is 0 Å². The average molecular weight is 311 g/mol. The molecule has 0 bridgehead atoms. The molecule has 0 saturated heterocycles. The van der Waals surface area contributed by atoms with E-state index in [4.69, 9.17) is 9.26 Å². The van der Waals surface area contributed by atoms with Crippen LogP contribution in [-0.4, -0.2) is 26.7 Å². The number of aryl methyl sites for hydroxylation is 2. The van der Waals surface area contributed by atoms with E-state index >= 15 is 0 Å². The van der Waals surface area contributed by atoms with Crippen molar-refractivity contribution in [2.24, 2.45) is 0 Å². The fourth-order valence-electron chi connectivity index (χ4n) is 1.85. The summed E-state index contributed by atoms with van der Waals surface area (Å²) in [5.41, 5.74) is 4.25. The molecule has 1 aromatic carbocycles. The van der Waals surface area contributed by atoms with Gasteiger partial charge in [-0.05, 0) is 26.0 Å². The summed E-state index contributed by atoms with van der Waals surface area (Å²) in [5.74, 6) is 0.773. The monoisotopic (exact) mass is 311 g/mol. The van der Waals surface area contributed by atoms with Crippen LogP contribution in [0.25, 0.3) is 4.72 Å². The molecule has 0 saturated carbocycles. The fourth-order valence-corrected chi connectivity index (χ4v) is 3.14. The first-order valence-electron chi connectivity index (χ1n) is 6.37. The van der Waals surface area contributed by atoms with Gasteiger partial charge in [0.05, 0.1) is 5.69 Å². The van der Waals surface area contributed by atoms with Crippen LogP contribution in [0.2, 0.25) is 0 Å². The van der Waals surface area contributed by atoms with Gasteiger partial charge in [0.1, 0.15) is 33.8 Å². The Bertz CT molecular complexity index is 705. The molecule has 2 rings (SSSR count). The molecule has 0 radical (unpaired) electrons. The van der Waals surface area contributed by atoms with Gasteiger partial charge in [-0.15, -0.1) is 5.69 Å². The minimum Gasteiger partial charge on any atom is -0.572 e. The molecule has 0 atom stereocenters. The number of rotatable bonds is 6. The molecule has 8 heteroatoms. The molecule has 1 heterocycles. The molecule has 0 aliphatic carbocycles. The predicted molar refractivity (Wildman–Crippen MR) is 75.9 cm³/mol. The molecule has 0 fully saturated rings. The van der Waals surface area contributed by atoms with E-state index in [0.29, 0.717) is 24.6 Å². The lowest BCUT2D eigenvalue weighted by molar-refractivity contribution is -0.370. The van der Waals surface area contributed by atoms with Gasteiger partial charge in [-0.2, -0.15) is 0 Å². The summed E-state index contributed by atoms with van der Waals surface area (Å²) < 4.78 is 38.7. The smallest absolute Gasteiger partial charge is 0.151 e. The molecule has 0 aliphatic rings. The summed E-state index contributed by atoms with van der Waals surface area (Å²) in [7, 11) is -3.87. The molecule has 21 heavy (non-hydrogen) atoms. The van der Waals surface area contributed by atoms with Crippen LogP contribution in [0.3, 0.4) is 0 Å². The first-order valence-corrected chi connectivity index (χ1v) is 7.81. The highest BCUT2D eigenvalue weighted by molar-refractivity contribution is 7.94. The number of benzene rings is 1. The summed E-state index contributed by atoms with van der Waals surface area (Å²) in [5, 5.41) is 3.64. The van der Waals surface area contributed by atoms with Crippen LogP contribution in [0, 0.1) is 13.8 Å². The number of quaternary nitrogens is 1. The Labute approximate surface area is 123 Å². The number of ether oxygens (including phenoxy) is 1. The lowest BCUT2D eigenvalue weighted by atomic mass is 10.3. The standard InChI is InChI=1S/C13H16N3O4S/c1-9-13(10(2)20-15-9)21(17,18)16-11-4-3-5-12(8-11)19-7-6-14/h3-5,8H,6-7,14H2,1-2H3/q-1/p+1. The predicted octanol–water partition coefficient (Wildman–Crippen LogP) is 1.31. The van der Waals surface area contributed by atoms with Crippen LogP contribution in [0.15, 0.2) is 33.7 Å². The minimum atomic E-state index is -3.87. The molecule has 2 aromatic rings. The van der Waals surface area contributed by atoms with Crippen molar-refractivity contribution in [2.45, 2.75) is 18.7 Å². The van der Waals surface area contributed by atoms with E-state index in [9.17, 15) is 8.42 Å². The maximum Gasteiger partial charge on any atom is 0.151 e. The third-order valence-electron chi connectivity index (χ3n) is 2.68. The molecule has 7 nitrogen and oxygen atoms in total. The van der Waals surface area contributed by atoms with Gasteiger partial charge in [-0.1, -0.05) is 17.3 Å². The van der Waals surface area contributed by atoms with Crippen molar-refractivity contribution in [3.8, 4) is 5.75 Å². The Kier molecular flexibility index (Phi) is 4.49. The van der Waals surface area contributed by atoms with Gasteiger partial charge in [0.15, 0.2) is 5.76 Å². The highest BCUT2D eigenvalue weighted by Gasteiger charge is 2.17. The number of nitrogens with zero attached hydrogens (tertiary/aromatic N) is 2. The largest absolute Gasteiger partial charge is 0.572 e. The molecule has 0 aliphatic heterocycles. The maximum absolute atomic E-state index is 12.3. The molecule has 114 valence electrons. The number of hydrogen-bond donors (Lipinski definition) is 1. The Morgan fingerprint density at radius 2 is 2.14 bits per heavy atom. The van der Waals surface area contributed by atoms with Crippen molar-refractivity contribution >= 4 is 15.7 Å². The summed E-state index contributed by atoms with van der Waals surface area (Å²) in [6.07, 6.45) is 0. The van der Waals surface area contributed by atoms with Crippen LogP contribution in [0.1, 0.15) is 11.5 Å². The van der Waals surface area contributed by atoms with E-state index in [1.165, 1.54) is 6.92 Å². The molecule has 3 N–H and O–H groups in total. The highest BCUT2D eigenvalue weighted by atomic mass is 32.2. The van der Waals surface area contributed by atoms with E-state index in [1.54, 1.807) is 31.2 Å². The lowest BCUT2D eigenvalue weighted by Gasteiger charge is -2.22. The maximum atomic E-state index is 12.3. The van der Waals surface area contributed by atoms with Crippen LogP contribution in [0.4, 0.5) is 5.69 Å². The van der Waals surface area contributed by atoms with E-state index < -0.39 is 10.0 Å². The molecular weight excluding hydrogens is 294 g/mol.